The Bertz CT molecular complexity index is 1130. The Morgan fingerprint density at radius 3 is 2.60 bits per heavy atom. The van der Waals surface area contributed by atoms with Gasteiger partial charge in [-0.05, 0) is 53.9 Å². The maximum Gasteiger partial charge on any atom is 0.243 e. The Balaban J connectivity index is 1.62. The van der Waals surface area contributed by atoms with Crippen molar-refractivity contribution in [2.75, 3.05) is 6.54 Å². The zero-order valence-corrected chi connectivity index (χ0v) is 16.9. The number of furan rings is 1. The van der Waals surface area contributed by atoms with Gasteiger partial charge in [0.15, 0.2) is 0 Å². The Morgan fingerprint density at radius 2 is 1.87 bits per heavy atom. The smallest absolute Gasteiger partial charge is 0.243 e. The molecule has 0 bridgehead atoms. The van der Waals surface area contributed by atoms with Crippen LogP contribution in [0.15, 0.2) is 76.2 Å². The highest BCUT2D eigenvalue weighted by Crippen LogP contribution is 2.36. The van der Waals surface area contributed by atoms with Gasteiger partial charge in [-0.2, -0.15) is 4.31 Å². The number of halogens is 1. The number of hydrogen-bond donors (Lipinski definition) is 1. The SMILES string of the molecule is O=C(C[C@@H]1c2ccccc2CCN1S(=O)(=O)c1ccc(F)cc1)NCc1ccco1. The van der Waals surface area contributed by atoms with Crippen molar-refractivity contribution in [3.8, 4) is 0 Å². The maximum atomic E-state index is 13.3. The van der Waals surface area contributed by atoms with Crippen LogP contribution in [0.4, 0.5) is 4.39 Å². The number of carbonyl (C=O) groups is 1. The van der Waals surface area contributed by atoms with Crippen molar-refractivity contribution < 1.29 is 22.0 Å². The van der Waals surface area contributed by atoms with Gasteiger partial charge in [-0.25, -0.2) is 12.8 Å². The number of carbonyl (C=O) groups excluding carboxylic acids is 1. The molecule has 1 amide bonds. The number of nitrogens with one attached hydrogen (secondary N) is 1. The molecule has 0 saturated heterocycles. The number of benzene rings is 2. The minimum atomic E-state index is -3.91. The van der Waals surface area contributed by atoms with Crippen molar-refractivity contribution in [3.63, 3.8) is 0 Å². The number of sulfonamides is 1. The summed E-state index contributed by atoms with van der Waals surface area (Å²) in [5.74, 6) is -0.178. The molecular formula is C22H21FN2O4S. The van der Waals surface area contributed by atoms with Gasteiger partial charge < -0.3 is 9.73 Å². The first-order valence-electron chi connectivity index (χ1n) is 9.59. The Hall–Kier alpha value is -2.97. The highest BCUT2D eigenvalue weighted by atomic mass is 32.2. The molecule has 0 saturated carbocycles. The Kier molecular flexibility index (Phi) is 5.69. The van der Waals surface area contributed by atoms with E-state index in [-0.39, 0.29) is 30.3 Å². The molecular weight excluding hydrogens is 407 g/mol. The molecule has 0 radical (unpaired) electrons. The van der Waals surface area contributed by atoms with Crippen LogP contribution in [-0.2, 0) is 27.8 Å². The largest absolute Gasteiger partial charge is 0.467 e. The second kappa shape index (κ2) is 8.41. The van der Waals surface area contributed by atoms with E-state index >= 15 is 0 Å². The van der Waals surface area contributed by atoms with E-state index < -0.39 is 21.9 Å². The second-order valence-corrected chi connectivity index (χ2v) is 8.99. The molecule has 0 unspecified atom stereocenters. The van der Waals surface area contributed by atoms with E-state index in [1.165, 1.54) is 22.7 Å². The molecule has 156 valence electrons. The molecule has 4 rings (SSSR count). The normalized spacial score (nSPS) is 16.8. The van der Waals surface area contributed by atoms with Crippen molar-refractivity contribution in [1.82, 2.24) is 9.62 Å². The fourth-order valence-electron chi connectivity index (χ4n) is 3.72. The lowest BCUT2D eigenvalue weighted by molar-refractivity contribution is -0.122. The average Bonchev–Trinajstić information content (AvgIpc) is 3.26. The van der Waals surface area contributed by atoms with Crippen LogP contribution < -0.4 is 5.32 Å². The van der Waals surface area contributed by atoms with E-state index in [1.807, 2.05) is 24.3 Å². The van der Waals surface area contributed by atoms with Crippen LogP contribution in [0.2, 0.25) is 0 Å². The zero-order chi connectivity index (χ0) is 21.1. The van der Waals surface area contributed by atoms with Crippen molar-refractivity contribution in [3.05, 3.63) is 89.6 Å². The van der Waals surface area contributed by atoms with Gasteiger partial charge in [-0.1, -0.05) is 24.3 Å². The van der Waals surface area contributed by atoms with Crippen LogP contribution in [0.5, 0.6) is 0 Å². The molecule has 30 heavy (non-hydrogen) atoms. The van der Waals surface area contributed by atoms with E-state index in [0.717, 1.165) is 23.3 Å². The molecule has 2 heterocycles. The van der Waals surface area contributed by atoms with Crippen LogP contribution >= 0.6 is 0 Å². The van der Waals surface area contributed by atoms with Gasteiger partial charge in [0, 0.05) is 13.0 Å². The van der Waals surface area contributed by atoms with Crippen LogP contribution in [-0.4, -0.2) is 25.2 Å². The standard InChI is InChI=1S/C22H21FN2O4S/c23-17-7-9-19(10-8-17)30(27,28)25-12-11-16-4-1-2-6-20(16)21(25)14-22(26)24-15-18-5-3-13-29-18/h1-10,13,21H,11-12,14-15H2,(H,24,26)/t21-/m1/s1. The van der Waals surface area contributed by atoms with Crippen LogP contribution in [0.25, 0.3) is 0 Å². The van der Waals surface area contributed by atoms with Gasteiger partial charge >= 0.3 is 0 Å². The van der Waals surface area contributed by atoms with Crippen molar-refractivity contribution >= 4 is 15.9 Å². The van der Waals surface area contributed by atoms with Gasteiger partial charge in [0.05, 0.1) is 23.7 Å². The molecule has 1 aromatic heterocycles. The predicted molar refractivity (Wildman–Crippen MR) is 108 cm³/mol. The fourth-order valence-corrected chi connectivity index (χ4v) is 5.32. The van der Waals surface area contributed by atoms with Crippen molar-refractivity contribution in [2.24, 2.45) is 0 Å². The molecule has 6 nitrogen and oxygen atoms in total. The van der Waals surface area contributed by atoms with Gasteiger partial charge in [0.2, 0.25) is 15.9 Å². The molecule has 1 atom stereocenters. The van der Waals surface area contributed by atoms with Gasteiger partial charge in [0.25, 0.3) is 0 Å². The lowest BCUT2D eigenvalue weighted by Gasteiger charge is -2.36. The molecule has 3 aromatic rings. The summed E-state index contributed by atoms with van der Waals surface area (Å²) in [5, 5.41) is 2.78. The first kappa shape index (κ1) is 20.3. The molecule has 0 fully saturated rings. The number of rotatable bonds is 6. The van der Waals surface area contributed by atoms with Crippen molar-refractivity contribution in [2.45, 2.75) is 30.3 Å². The number of hydrogen-bond acceptors (Lipinski definition) is 4. The van der Waals surface area contributed by atoms with E-state index in [4.69, 9.17) is 4.42 Å². The van der Waals surface area contributed by atoms with Gasteiger partial charge in [-0.15, -0.1) is 0 Å². The van der Waals surface area contributed by atoms with Gasteiger partial charge in [-0.3, -0.25) is 4.79 Å². The lowest BCUT2D eigenvalue weighted by atomic mass is 9.92. The number of amides is 1. The monoisotopic (exact) mass is 428 g/mol. The van der Waals surface area contributed by atoms with E-state index in [9.17, 15) is 17.6 Å². The van der Waals surface area contributed by atoms with E-state index in [0.29, 0.717) is 12.2 Å². The molecule has 1 N–H and O–H groups in total. The van der Waals surface area contributed by atoms with E-state index in [1.54, 1.807) is 12.1 Å². The quantitative estimate of drug-likeness (QED) is 0.653. The van der Waals surface area contributed by atoms with Crippen molar-refractivity contribution in [1.29, 1.82) is 0 Å². The number of nitrogens with zero attached hydrogens (tertiary/aromatic N) is 1. The van der Waals surface area contributed by atoms with Crippen LogP contribution in [0, 0.1) is 5.82 Å². The van der Waals surface area contributed by atoms with Gasteiger partial charge in [0.1, 0.15) is 11.6 Å². The Morgan fingerprint density at radius 1 is 1.10 bits per heavy atom. The third-order valence-corrected chi connectivity index (χ3v) is 7.12. The predicted octanol–water partition coefficient (Wildman–Crippen LogP) is 3.41. The molecule has 1 aliphatic rings. The molecule has 1 aliphatic heterocycles. The molecule has 0 spiro atoms. The molecule has 8 heteroatoms. The highest BCUT2D eigenvalue weighted by molar-refractivity contribution is 7.89. The fraction of sp³-hybridized carbons (Fsp3) is 0.227. The summed E-state index contributed by atoms with van der Waals surface area (Å²) in [6, 6.07) is 15.1. The minimum absolute atomic E-state index is 0.00396. The summed E-state index contributed by atoms with van der Waals surface area (Å²) in [5.41, 5.74) is 1.83. The minimum Gasteiger partial charge on any atom is -0.467 e. The topological polar surface area (TPSA) is 79.6 Å². The first-order chi connectivity index (χ1) is 14.4. The Labute approximate surface area is 174 Å². The maximum absolute atomic E-state index is 13.3. The molecule has 0 aliphatic carbocycles. The average molecular weight is 428 g/mol. The summed E-state index contributed by atoms with van der Waals surface area (Å²) < 4.78 is 46.5. The molecule has 2 aromatic carbocycles. The second-order valence-electron chi connectivity index (χ2n) is 7.09. The zero-order valence-electron chi connectivity index (χ0n) is 16.1. The van der Waals surface area contributed by atoms with Crippen LogP contribution in [0.1, 0.15) is 29.3 Å². The lowest BCUT2D eigenvalue weighted by Crippen LogP contribution is -2.42. The first-order valence-corrected chi connectivity index (χ1v) is 11.0. The summed E-state index contributed by atoms with van der Waals surface area (Å²) >= 11 is 0. The third kappa shape index (κ3) is 4.15. The summed E-state index contributed by atoms with van der Waals surface area (Å²) in [6.45, 7) is 0.470. The van der Waals surface area contributed by atoms with Crippen LogP contribution in [0.3, 0.4) is 0 Å². The summed E-state index contributed by atoms with van der Waals surface area (Å²) in [6.07, 6.45) is 2.04. The number of fused-ring (bicyclic) bond motifs is 1. The van der Waals surface area contributed by atoms with E-state index in [2.05, 4.69) is 5.32 Å². The summed E-state index contributed by atoms with van der Waals surface area (Å²) in [7, 11) is -3.91. The highest BCUT2D eigenvalue weighted by Gasteiger charge is 2.37. The summed E-state index contributed by atoms with van der Waals surface area (Å²) in [4.78, 5) is 12.7. The third-order valence-electron chi connectivity index (χ3n) is 5.20.